The number of nitrogens with one attached hydrogen (secondary N) is 1. The lowest BCUT2D eigenvalue weighted by Gasteiger charge is -2.22. The zero-order valence-electron chi connectivity index (χ0n) is 10.8. The van der Waals surface area contributed by atoms with Crippen LogP contribution < -0.4 is 11.1 Å². The van der Waals surface area contributed by atoms with Crippen molar-refractivity contribution in [2.75, 3.05) is 18.9 Å². The summed E-state index contributed by atoms with van der Waals surface area (Å²) >= 11 is 0. The minimum atomic E-state index is -0.729. The second-order valence-electron chi connectivity index (χ2n) is 4.78. The fourth-order valence-electron chi connectivity index (χ4n) is 2.09. The van der Waals surface area contributed by atoms with Crippen molar-refractivity contribution >= 4 is 11.6 Å². The zero-order chi connectivity index (χ0) is 13.7. The number of ether oxygens (including phenoxy) is 1. The van der Waals surface area contributed by atoms with Gasteiger partial charge in [0.15, 0.2) is 0 Å². The Kier molecular flexibility index (Phi) is 4.76. The third kappa shape index (κ3) is 3.94. The van der Waals surface area contributed by atoms with Gasteiger partial charge >= 0.3 is 0 Å². The molecule has 2 atom stereocenters. The lowest BCUT2D eigenvalue weighted by atomic mass is 10.1. The molecule has 104 valence electrons. The minimum Gasteiger partial charge on any atom is -0.399 e. The van der Waals surface area contributed by atoms with Crippen LogP contribution in [0.1, 0.15) is 30.9 Å². The number of anilines is 1. The maximum atomic E-state index is 11.8. The molecule has 19 heavy (non-hydrogen) atoms. The number of carbonyl (C=O) groups excluding carboxylic acids is 1. The Bertz CT molecular complexity index is 413. The Morgan fingerprint density at radius 2 is 2.16 bits per heavy atom. The van der Waals surface area contributed by atoms with Crippen molar-refractivity contribution in [2.24, 2.45) is 0 Å². The quantitative estimate of drug-likeness (QED) is 0.708. The molecule has 1 aliphatic rings. The summed E-state index contributed by atoms with van der Waals surface area (Å²) < 4.78 is 5.38. The first kappa shape index (κ1) is 13.8. The van der Waals surface area contributed by atoms with Crippen LogP contribution >= 0.6 is 0 Å². The second kappa shape index (κ2) is 6.54. The molecule has 5 heteroatoms. The van der Waals surface area contributed by atoms with E-state index in [2.05, 4.69) is 5.32 Å². The van der Waals surface area contributed by atoms with Gasteiger partial charge in [-0.25, -0.2) is 0 Å². The Morgan fingerprint density at radius 3 is 2.79 bits per heavy atom. The molecule has 2 unspecified atom stereocenters. The van der Waals surface area contributed by atoms with E-state index < -0.39 is 6.10 Å². The first-order chi connectivity index (χ1) is 9.16. The number of amides is 1. The number of aliphatic hydroxyl groups is 1. The molecule has 0 aliphatic carbocycles. The molecular formula is C14H20N2O3. The van der Waals surface area contributed by atoms with E-state index in [1.807, 2.05) is 0 Å². The molecule has 5 nitrogen and oxygen atoms in total. The van der Waals surface area contributed by atoms with Crippen LogP contribution in [0.5, 0.6) is 0 Å². The monoisotopic (exact) mass is 264 g/mol. The average Bonchev–Trinajstić information content (AvgIpc) is 2.46. The smallest absolute Gasteiger partial charge is 0.249 e. The molecule has 1 aromatic carbocycles. The van der Waals surface area contributed by atoms with E-state index in [-0.39, 0.29) is 18.6 Å². The van der Waals surface area contributed by atoms with Crippen LogP contribution in [-0.4, -0.2) is 30.3 Å². The normalized spacial score (nSPS) is 20.8. The van der Waals surface area contributed by atoms with Crippen molar-refractivity contribution in [1.82, 2.24) is 5.32 Å². The summed E-state index contributed by atoms with van der Waals surface area (Å²) in [4.78, 5) is 11.8. The largest absolute Gasteiger partial charge is 0.399 e. The summed E-state index contributed by atoms with van der Waals surface area (Å²) in [5.41, 5.74) is 6.96. The number of rotatable bonds is 4. The lowest BCUT2D eigenvalue weighted by Crippen LogP contribution is -2.40. The summed E-state index contributed by atoms with van der Waals surface area (Å²) in [7, 11) is 0. The van der Waals surface area contributed by atoms with Crippen molar-refractivity contribution in [2.45, 2.75) is 31.5 Å². The van der Waals surface area contributed by atoms with Gasteiger partial charge in [0.25, 0.3) is 0 Å². The van der Waals surface area contributed by atoms with E-state index in [9.17, 15) is 9.90 Å². The molecule has 1 saturated heterocycles. The van der Waals surface area contributed by atoms with Gasteiger partial charge in [0.2, 0.25) is 5.91 Å². The van der Waals surface area contributed by atoms with Crippen LogP contribution in [0.15, 0.2) is 24.3 Å². The molecule has 0 spiro atoms. The molecule has 0 saturated carbocycles. The fraction of sp³-hybridized carbons (Fsp3) is 0.500. The summed E-state index contributed by atoms with van der Waals surface area (Å²) in [6, 6.07) is 6.96. The summed E-state index contributed by atoms with van der Waals surface area (Å²) in [5, 5.41) is 12.7. The Balaban J connectivity index is 1.80. The van der Waals surface area contributed by atoms with E-state index in [0.717, 1.165) is 24.8 Å². The summed E-state index contributed by atoms with van der Waals surface area (Å²) in [5.74, 6) is -0.144. The predicted molar refractivity (Wildman–Crippen MR) is 72.4 cm³/mol. The number of hydrogen-bond donors (Lipinski definition) is 3. The Labute approximate surface area is 112 Å². The topological polar surface area (TPSA) is 84.6 Å². The minimum absolute atomic E-state index is 0.144. The molecule has 2 rings (SSSR count). The molecule has 1 aromatic rings. The molecule has 0 bridgehead atoms. The first-order valence-corrected chi connectivity index (χ1v) is 6.59. The van der Waals surface area contributed by atoms with Crippen LogP contribution in [0.2, 0.25) is 0 Å². The highest BCUT2D eigenvalue weighted by atomic mass is 16.5. The van der Waals surface area contributed by atoms with Crippen molar-refractivity contribution in [3.8, 4) is 0 Å². The molecule has 0 aromatic heterocycles. The molecular weight excluding hydrogens is 244 g/mol. The number of benzene rings is 1. The van der Waals surface area contributed by atoms with Gasteiger partial charge in [-0.05, 0) is 37.0 Å². The van der Waals surface area contributed by atoms with Crippen molar-refractivity contribution in [3.63, 3.8) is 0 Å². The highest BCUT2D eigenvalue weighted by molar-refractivity contribution is 5.80. The molecule has 0 radical (unpaired) electrons. The Morgan fingerprint density at radius 1 is 1.42 bits per heavy atom. The second-order valence-corrected chi connectivity index (χ2v) is 4.78. The van der Waals surface area contributed by atoms with E-state index >= 15 is 0 Å². The number of nitrogen functional groups attached to an aromatic ring is 1. The third-order valence-electron chi connectivity index (χ3n) is 3.26. The highest BCUT2D eigenvalue weighted by Crippen LogP contribution is 2.15. The van der Waals surface area contributed by atoms with E-state index in [0.29, 0.717) is 12.3 Å². The molecule has 1 amide bonds. The molecule has 1 aliphatic heterocycles. The third-order valence-corrected chi connectivity index (χ3v) is 3.26. The van der Waals surface area contributed by atoms with Crippen molar-refractivity contribution in [3.05, 3.63) is 29.8 Å². The molecule has 1 heterocycles. The zero-order valence-corrected chi connectivity index (χ0v) is 10.8. The van der Waals surface area contributed by atoms with Gasteiger partial charge in [-0.1, -0.05) is 12.1 Å². The van der Waals surface area contributed by atoms with Gasteiger partial charge in [-0.2, -0.15) is 0 Å². The van der Waals surface area contributed by atoms with E-state index in [4.69, 9.17) is 10.5 Å². The van der Waals surface area contributed by atoms with E-state index in [1.165, 1.54) is 0 Å². The number of nitrogens with two attached hydrogens (primary N) is 1. The van der Waals surface area contributed by atoms with Crippen molar-refractivity contribution < 1.29 is 14.6 Å². The average molecular weight is 264 g/mol. The van der Waals surface area contributed by atoms with Crippen LogP contribution in [0.25, 0.3) is 0 Å². The standard InChI is InChI=1S/C14H20N2O3/c15-11-6-4-10(5-7-11)12(17)9-16-14(18)13-3-1-2-8-19-13/h4-7,12-13,17H,1-3,8-9,15H2,(H,16,18). The number of carbonyl (C=O) groups is 1. The summed E-state index contributed by atoms with van der Waals surface area (Å²) in [6.07, 6.45) is 1.68. The predicted octanol–water partition coefficient (Wildman–Crippen LogP) is 0.987. The first-order valence-electron chi connectivity index (χ1n) is 6.59. The fourth-order valence-corrected chi connectivity index (χ4v) is 2.09. The number of aliphatic hydroxyl groups excluding tert-OH is 1. The van der Waals surface area contributed by atoms with Crippen LogP contribution in [0, 0.1) is 0 Å². The maximum Gasteiger partial charge on any atom is 0.249 e. The lowest BCUT2D eigenvalue weighted by molar-refractivity contribution is -0.135. The van der Waals surface area contributed by atoms with Gasteiger partial charge in [-0.3, -0.25) is 4.79 Å². The van der Waals surface area contributed by atoms with Gasteiger partial charge in [0.05, 0.1) is 6.10 Å². The number of hydrogen-bond acceptors (Lipinski definition) is 4. The molecule has 4 N–H and O–H groups in total. The van der Waals surface area contributed by atoms with Crippen LogP contribution in [0.4, 0.5) is 5.69 Å². The highest BCUT2D eigenvalue weighted by Gasteiger charge is 2.22. The van der Waals surface area contributed by atoms with Crippen LogP contribution in [0.3, 0.4) is 0 Å². The van der Waals surface area contributed by atoms with Gasteiger partial charge in [0, 0.05) is 18.8 Å². The van der Waals surface area contributed by atoms with Crippen LogP contribution in [-0.2, 0) is 9.53 Å². The van der Waals surface area contributed by atoms with Crippen molar-refractivity contribution in [1.29, 1.82) is 0 Å². The van der Waals surface area contributed by atoms with E-state index in [1.54, 1.807) is 24.3 Å². The summed E-state index contributed by atoms with van der Waals surface area (Å²) in [6.45, 7) is 0.821. The van der Waals surface area contributed by atoms with Gasteiger partial charge in [0.1, 0.15) is 6.10 Å². The van der Waals surface area contributed by atoms with Gasteiger partial charge in [-0.15, -0.1) is 0 Å². The van der Waals surface area contributed by atoms with Gasteiger partial charge < -0.3 is 20.9 Å². The Hall–Kier alpha value is -1.59. The molecule has 1 fully saturated rings. The maximum absolute atomic E-state index is 11.8. The SMILES string of the molecule is Nc1ccc(C(O)CNC(=O)C2CCCCO2)cc1.